The smallest absolute Gasteiger partial charge is 0.181 e. The Bertz CT molecular complexity index is 471. The first-order valence-corrected chi connectivity index (χ1v) is 5.85. The molecular weight excluding hydrogens is 216 g/mol. The van der Waals surface area contributed by atoms with Gasteiger partial charge in [-0.15, -0.1) is 0 Å². The summed E-state index contributed by atoms with van der Waals surface area (Å²) in [6, 6.07) is 1.95. The highest BCUT2D eigenvalue weighted by Crippen LogP contribution is 2.24. The first-order valence-electron chi connectivity index (χ1n) is 5.85. The van der Waals surface area contributed by atoms with Gasteiger partial charge in [0.25, 0.3) is 0 Å². The van der Waals surface area contributed by atoms with Crippen LogP contribution in [0.5, 0.6) is 0 Å². The highest BCUT2D eigenvalue weighted by atomic mass is 16.3. The van der Waals surface area contributed by atoms with Crippen molar-refractivity contribution in [3.63, 3.8) is 0 Å². The van der Waals surface area contributed by atoms with Crippen molar-refractivity contribution in [3.8, 4) is 11.3 Å². The van der Waals surface area contributed by atoms with Gasteiger partial charge in [-0.25, -0.2) is 4.98 Å². The van der Waals surface area contributed by atoms with Crippen LogP contribution in [0, 0.1) is 12.8 Å². The number of hydrogen-bond donors (Lipinski definition) is 1. The second-order valence-electron chi connectivity index (χ2n) is 4.60. The number of aryl methyl sites for hydroxylation is 1. The molecular formula is C13H18N2O2. The minimum Gasteiger partial charge on any atom is -0.469 e. The molecule has 0 bridgehead atoms. The molecule has 0 amide bonds. The lowest BCUT2D eigenvalue weighted by molar-refractivity contribution is 0.530. The van der Waals surface area contributed by atoms with E-state index < -0.39 is 0 Å². The van der Waals surface area contributed by atoms with E-state index in [2.05, 4.69) is 24.1 Å². The van der Waals surface area contributed by atoms with Gasteiger partial charge in [0.2, 0.25) is 0 Å². The van der Waals surface area contributed by atoms with Gasteiger partial charge in [-0.3, -0.25) is 0 Å². The molecule has 0 aromatic carbocycles. The molecule has 2 heterocycles. The van der Waals surface area contributed by atoms with Gasteiger partial charge in [-0.1, -0.05) is 13.8 Å². The van der Waals surface area contributed by atoms with E-state index in [4.69, 9.17) is 8.83 Å². The van der Waals surface area contributed by atoms with Gasteiger partial charge >= 0.3 is 0 Å². The second-order valence-corrected chi connectivity index (χ2v) is 4.60. The summed E-state index contributed by atoms with van der Waals surface area (Å²) in [7, 11) is 0. The van der Waals surface area contributed by atoms with Crippen LogP contribution in [-0.4, -0.2) is 11.5 Å². The number of nitrogens with zero attached hydrogens (tertiary/aromatic N) is 1. The van der Waals surface area contributed by atoms with Crippen LogP contribution in [0.2, 0.25) is 0 Å². The topological polar surface area (TPSA) is 51.2 Å². The van der Waals surface area contributed by atoms with E-state index in [9.17, 15) is 0 Å². The van der Waals surface area contributed by atoms with Crippen molar-refractivity contribution in [1.29, 1.82) is 0 Å². The Morgan fingerprint density at radius 2 is 2.18 bits per heavy atom. The van der Waals surface area contributed by atoms with Crippen molar-refractivity contribution in [3.05, 3.63) is 30.2 Å². The van der Waals surface area contributed by atoms with Gasteiger partial charge in [0, 0.05) is 6.54 Å². The standard InChI is InChI=1S/C13H18N2O2/c1-9(2)5-14-6-12-13(17-8-15-12)11-4-10(3)16-7-11/h4,7-9,14H,5-6H2,1-3H3. The Kier molecular flexibility index (Phi) is 3.64. The molecule has 0 unspecified atom stereocenters. The predicted molar refractivity (Wildman–Crippen MR) is 65.5 cm³/mol. The molecule has 2 rings (SSSR count). The predicted octanol–water partition coefficient (Wildman–Crippen LogP) is 2.99. The summed E-state index contributed by atoms with van der Waals surface area (Å²) >= 11 is 0. The van der Waals surface area contributed by atoms with E-state index in [0.717, 1.165) is 29.3 Å². The molecule has 0 spiro atoms. The fourth-order valence-electron chi connectivity index (χ4n) is 1.67. The maximum absolute atomic E-state index is 5.41. The molecule has 0 saturated carbocycles. The summed E-state index contributed by atoms with van der Waals surface area (Å²) in [4.78, 5) is 4.23. The average Bonchev–Trinajstić information content (AvgIpc) is 2.86. The lowest BCUT2D eigenvalue weighted by Crippen LogP contribution is -2.19. The largest absolute Gasteiger partial charge is 0.469 e. The molecule has 4 nitrogen and oxygen atoms in total. The van der Waals surface area contributed by atoms with Gasteiger partial charge in [0.1, 0.15) is 17.7 Å². The van der Waals surface area contributed by atoms with Crippen molar-refractivity contribution >= 4 is 0 Å². The first kappa shape index (κ1) is 11.9. The van der Waals surface area contributed by atoms with Crippen molar-refractivity contribution in [2.24, 2.45) is 5.92 Å². The summed E-state index contributed by atoms with van der Waals surface area (Å²) in [6.07, 6.45) is 3.17. The SMILES string of the molecule is Cc1cc(-c2ocnc2CNCC(C)C)co1. The van der Waals surface area contributed by atoms with Crippen LogP contribution in [-0.2, 0) is 6.54 Å². The molecule has 1 N–H and O–H groups in total. The second kappa shape index (κ2) is 5.19. The fourth-order valence-corrected chi connectivity index (χ4v) is 1.67. The molecule has 2 aromatic rings. The first-order chi connectivity index (χ1) is 8.16. The Labute approximate surface area is 101 Å². The van der Waals surface area contributed by atoms with Crippen LogP contribution in [0.15, 0.2) is 27.6 Å². The quantitative estimate of drug-likeness (QED) is 0.864. The van der Waals surface area contributed by atoms with Gasteiger partial charge in [0.05, 0.1) is 5.56 Å². The number of nitrogens with one attached hydrogen (secondary N) is 1. The zero-order valence-electron chi connectivity index (χ0n) is 10.5. The minimum absolute atomic E-state index is 0.626. The van der Waals surface area contributed by atoms with Crippen LogP contribution >= 0.6 is 0 Å². The Morgan fingerprint density at radius 1 is 1.35 bits per heavy atom. The zero-order valence-corrected chi connectivity index (χ0v) is 10.5. The van der Waals surface area contributed by atoms with Crippen LogP contribution < -0.4 is 5.32 Å². The molecule has 0 aliphatic carbocycles. The van der Waals surface area contributed by atoms with Crippen LogP contribution in [0.3, 0.4) is 0 Å². The van der Waals surface area contributed by atoms with Crippen molar-refractivity contribution in [2.45, 2.75) is 27.3 Å². The van der Waals surface area contributed by atoms with Crippen LogP contribution in [0.25, 0.3) is 11.3 Å². The molecule has 0 atom stereocenters. The third-order valence-corrected chi connectivity index (χ3v) is 2.48. The van der Waals surface area contributed by atoms with Crippen molar-refractivity contribution in [2.75, 3.05) is 6.54 Å². The zero-order chi connectivity index (χ0) is 12.3. The third kappa shape index (κ3) is 2.97. The summed E-state index contributed by atoms with van der Waals surface area (Å²) < 4.78 is 10.7. The Hall–Kier alpha value is -1.55. The maximum atomic E-state index is 5.41. The van der Waals surface area contributed by atoms with Crippen molar-refractivity contribution in [1.82, 2.24) is 10.3 Å². The number of rotatable bonds is 5. The average molecular weight is 234 g/mol. The van der Waals surface area contributed by atoms with E-state index in [0.29, 0.717) is 12.5 Å². The molecule has 17 heavy (non-hydrogen) atoms. The van der Waals surface area contributed by atoms with Crippen LogP contribution in [0.4, 0.5) is 0 Å². The van der Waals surface area contributed by atoms with Gasteiger partial charge in [0.15, 0.2) is 12.2 Å². The van der Waals surface area contributed by atoms with Crippen LogP contribution in [0.1, 0.15) is 25.3 Å². The molecule has 4 heteroatoms. The van der Waals surface area contributed by atoms with Gasteiger partial charge < -0.3 is 14.2 Å². The van der Waals surface area contributed by atoms with E-state index in [1.54, 1.807) is 6.26 Å². The number of aromatic nitrogens is 1. The van der Waals surface area contributed by atoms with E-state index >= 15 is 0 Å². The fraction of sp³-hybridized carbons (Fsp3) is 0.462. The van der Waals surface area contributed by atoms with E-state index in [-0.39, 0.29) is 0 Å². The molecule has 0 aliphatic heterocycles. The number of oxazole rings is 1. The Morgan fingerprint density at radius 3 is 2.82 bits per heavy atom. The highest BCUT2D eigenvalue weighted by molar-refractivity contribution is 5.58. The highest BCUT2D eigenvalue weighted by Gasteiger charge is 2.12. The minimum atomic E-state index is 0.626. The van der Waals surface area contributed by atoms with Gasteiger partial charge in [-0.2, -0.15) is 0 Å². The normalized spacial score (nSPS) is 11.3. The molecule has 0 fully saturated rings. The summed E-state index contributed by atoms with van der Waals surface area (Å²) in [5.41, 5.74) is 1.87. The summed E-state index contributed by atoms with van der Waals surface area (Å²) in [5, 5.41) is 3.35. The van der Waals surface area contributed by atoms with E-state index in [1.807, 2.05) is 13.0 Å². The van der Waals surface area contributed by atoms with Gasteiger partial charge in [-0.05, 0) is 25.5 Å². The summed E-state index contributed by atoms with van der Waals surface area (Å²) in [5.74, 6) is 2.29. The lowest BCUT2D eigenvalue weighted by Gasteiger charge is -2.05. The molecule has 0 aliphatic rings. The molecule has 2 aromatic heterocycles. The van der Waals surface area contributed by atoms with Crippen molar-refractivity contribution < 1.29 is 8.83 Å². The lowest BCUT2D eigenvalue weighted by atomic mass is 10.2. The molecule has 0 saturated heterocycles. The monoisotopic (exact) mass is 234 g/mol. The number of furan rings is 1. The molecule has 92 valence electrons. The number of hydrogen-bond acceptors (Lipinski definition) is 4. The van der Waals surface area contributed by atoms with E-state index in [1.165, 1.54) is 6.39 Å². The maximum Gasteiger partial charge on any atom is 0.181 e. The third-order valence-electron chi connectivity index (χ3n) is 2.48. The Balaban J connectivity index is 2.07. The summed E-state index contributed by atoms with van der Waals surface area (Å²) in [6.45, 7) is 7.95. The molecule has 0 radical (unpaired) electrons.